The number of amides is 1. The van der Waals surface area contributed by atoms with Gasteiger partial charge in [0.2, 0.25) is 5.91 Å². The largest absolute Gasteiger partial charge is 0.377 e. The fourth-order valence-corrected chi connectivity index (χ4v) is 4.63. The summed E-state index contributed by atoms with van der Waals surface area (Å²) in [6.07, 6.45) is 18.8. The second-order valence-electron chi connectivity index (χ2n) is 8.85. The topological polar surface area (TPSA) is 66.7 Å². The molecular weight excluding hydrogens is 464 g/mol. The summed E-state index contributed by atoms with van der Waals surface area (Å²) in [5, 5.41) is 6.65. The van der Waals surface area contributed by atoms with Crippen LogP contribution in [0.3, 0.4) is 0 Å². The molecule has 0 saturated carbocycles. The number of fused-ring (bicyclic) bond motifs is 1. The lowest BCUT2D eigenvalue weighted by molar-refractivity contribution is -0.131. The lowest BCUT2D eigenvalue weighted by atomic mass is 10.1. The van der Waals surface area contributed by atoms with E-state index in [0.717, 1.165) is 36.2 Å². The van der Waals surface area contributed by atoms with E-state index in [2.05, 4.69) is 41.7 Å². The van der Waals surface area contributed by atoms with Gasteiger partial charge in [-0.25, -0.2) is 0 Å². The molecule has 4 rings (SSSR count). The van der Waals surface area contributed by atoms with Crippen molar-refractivity contribution in [3.05, 3.63) is 41.7 Å². The highest BCUT2D eigenvalue weighted by Gasteiger charge is 2.33. The van der Waals surface area contributed by atoms with Crippen molar-refractivity contribution in [1.29, 1.82) is 0 Å². The predicted octanol–water partition coefficient (Wildman–Crippen LogP) is 3.14. The zero-order chi connectivity index (χ0) is 25.4. The molecule has 2 aromatic heterocycles. The summed E-state index contributed by atoms with van der Waals surface area (Å²) < 4.78 is 7.71. The summed E-state index contributed by atoms with van der Waals surface area (Å²) in [7, 11) is 4.15. The van der Waals surface area contributed by atoms with E-state index in [-0.39, 0.29) is 11.9 Å². The normalized spacial score (nSPS) is 21.1. The smallest absolute Gasteiger partial charge is 0.224 e. The number of rotatable bonds is 7. The van der Waals surface area contributed by atoms with Gasteiger partial charge in [-0.1, -0.05) is 23.8 Å². The van der Waals surface area contributed by atoms with Gasteiger partial charge in [-0.05, 0) is 39.6 Å². The SMILES string of the molecule is C#C.C/C=C(Cl)\C=C/Cn1nc(N2CCOCC2CC(=O)N2CCC(N(C)C)C2)c2ccncc21. The van der Waals surface area contributed by atoms with E-state index in [1.165, 1.54) is 0 Å². The second-order valence-corrected chi connectivity index (χ2v) is 9.28. The number of pyridine rings is 1. The molecule has 2 atom stereocenters. The maximum Gasteiger partial charge on any atom is 0.224 e. The van der Waals surface area contributed by atoms with Crippen LogP contribution in [0.25, 0.3) is 10.9 Å². The van der Waals surface area contributed by atoms with Gasteiger partial charge in [-0.2, -0.15) is 5.10 Å². The van der Waals surface area contributed by atoms with Gasteiger partial charge in [-0.15, -0.1) is 12.8 Å². The van der Waals surface area contributed by atoms with E-state index >= 15 is 0 Å². The van der Waals surface area contributed by atoms with Gasteiger partial charge in [0.15, 0.2) is 5.82 Å². The van der Waals surface area contributed by atoms with Crippen molar-refractivity contribution in [3.8, 4) is 12.8 Å². The van der Waals surface area contributed by atoms with Crippen LogP contribution in [-0.2, 0) is 16.1 Å². The molecule has 0 aromatic carbocycles. The Morgan fingerprint density at radius 2 is 2.14 bits per heavy atom. The second kappa shape index (κ2) is 12.7. The Morgan fingerprint density at radius 3 is 2.86 bits per heavy atom. The molecule has 188 valence electrons. The minimum absolute atomic E-state index is 0.0441. The van der Waals surface area contributed by atoms with Gasteiger partial charge >= 0.3 is 0 Å². The Labute approximate surface area is 213 Å². The Bertz CT molecular complexity index is 1080. The van der Waals surface area contributed by atoms with Crippen molar-refractivity contribution in [2.75, 3.05) is 51.8 Å². The van der Waals surface area contributed by atoms with Crippen LogP contribution >= 0.6 is 11.6 Å². The highest BCUT2D eigenvalue weighted by atomic mass is 35.5. The number of aromatic nitrogens is 3. The molecule has 9 heteroatoms. The summed E-state index contributed by atoms with van der Waals surface area (Å²) in [4.78, 5) is 23.9. The Kier molecular flexibility index (Phi) is 9.73. The highest BCUT2D eigenvalue weighted by molar-refractivity contribution is 6.31. The van der Waals surface area contributed by atoms with Crippen molar-refractivity contribution < 1.29 is 9.53 Å². The first-order valence-corrected chi connectivity index (χ1v) is 12.3. The fourth-order valence-electron chi connectivity index (χ4n) is 4.54. The summed E-state index contributed by atoms with van der Waals surface area (Å²) in [6.45, 7) is 5.94. The molecule has 35 heavy (non-hydrogen) atoms. The van der Waals surface area contributed by atoms with Gasteiger partial charge < -0.3 is 19.4 Å². The predicted molar refractivity (Wildman–Crippen MR) is 141 cm³/mol. The van der Waals surface area contributed by atoms with Crippen LogP contribution in [0.15, 0.2) is 41.7 Å². The number of carbonyl (C=O) groups is 1. The molecule has 4 heterocycles. The molecule has 0 spiro atoms. The molecule has 2 saturated heterocycles. The first-order valence-electron chi connectivity index (χ1n) is 11.9. The van der Waals surface area contributed by atoms with Crippen molar-refractivity contribution in [3.63, 3.8) is 0 Å². The van der Waals surface area contributed by atoms with Crippen LogP contribution in [0.2, 0.25) is 0 Å². The van der Waals surface area contributed by atoms with Gasteiger partial charge in [0, 0.05) is 48.7 Å². The van der Waals surface area contributed by atoms with Crippen LogP contribution < -0.4 is 4.90 Å². The number of allylic oxidation sites excluding steroid dienone is 4. The van der Waals surface area contributed by atoms with Gasteiger partial charge in [-0.3, -0.25) is 14.5 Å². The van der Waals surface area contributed by atoms with Crippen molar-refractivity contribution >= 4 is 34.2 Å². The Balaban J connectivity index is 0.00000167. The molecule has 2 aliphatic heterocycles. The summed E-state index contributed by atoms with van der Waals surface area (Å²) in [5.41, 5.74) is 0.957. The summed E-state index contributed by atoms with van der Waals surface area (Å²) in [5.74, 6) is 1.07. The molecule has 0 bridgehead atoms. The van der Waals surface area contributed by atoms with Crippen LogP contribution in [-0.4, -0.2) is 89.5 Å². The average molecular weight is 499 g/mol. The van der Waals surface area contributed by atoms with E-state index in [9.17, 15) is 4.79 Å². The van der Waals surface area contributed by atoms with Gasteiger partial charge in [0.05, 0.1) is 37.5 Å². The Morgan fingerprint density at radius 1 is 1.34 bits per heavy atom. The van der Waals surface area contributed by atoms with E-state index < -0.39 is 0 Å². The number of likely N-dealkylation sites (N-methyl/N-ethyl adjacent to an activating group) is 1. The van der Waals surface area contributed by atoms with E-state index in [0.29, 0.717) is 43.8 Å². The number of anilines is 1. The van der Waals surface area contributed by atoms with E-state index in [4.69, 9.17) is 21.4 Å². The Hall–Kier alpha value is -2.86. The molecule has 8 nitrogen and oxygen atoms in total. The van der Waals surface area contributed by atoms with Crippen molar-refractivity contribution in [1.82, 2.24) is 24.6 Å². The van der Waals surface area contributed by atoms with E-state index in [1.54, 1.807) is 6.20 Å². The number of likely N-dealkylation sites (tertiary alicyclic amines) is 1. The number of morpholine rings is 1. The first-order chi connectivity index (χ1) is 17.0. The number of halogens is 1. The lowest BCUT2D eigenvalue weighted by Crippen LogP contribution is -2.48. The van der Waals surface area contributed by atoms with Gasteiger partial charge in [0.25, 0.3) is 0 Å². The van der Waals surface area contributed by atoms with Crippen LogP contribution in [0.4, 0.5) is 5.82 Å². The zero-order valence-corrected chi connectivity index (χ0v) is 21.6. The quantitative estimate of drug-likeness (QED) is 0.431. The molecule has 0 radical (unpaired) electrons. The fraction of sp³-hybridized carbons (Fsp3) is 0.500. The number of carbonyl (C=O) groups excluding carboxylic acids is 1. The number of hydrogen-bond donors (Lipinski definition) is 0. The minimum Gasteiger partial charge on any atom is -0.377 e. The third-order valence-corrected chi connectivity index (χ3v) is 6.87. The maximum atomic E-state index is 13.1. The third-order valence-electron chi connectivity index (χ3n) is 6.52. The van der Waals surface area contributed by atoms with Gasteiger partial charge in [0.1, 0.15) is 0 Å². The molecule has 2 unspecified atom stereocenters. The van der Waals surface area contributed by atoms with Crippen LogP contribution in [0, 0.1) is 12.8 Å². The third kappa shape index (κ3) is 6.43. The number of hydrogen-bond acceptors (Lipinski definition) is 6. The molecule has 0 aliphatic carbocycles. The van der Waals surface area contributed by atoms with Crippen molar-refractivity contribution in [2.45, 2.75) is 38.4 Å². The minimum atomic E-state index is -0.0441. The molecule has 0 N–H and O–H groups in total. The van der Waals surface area contributed by atoms with Crippen molar-refractivity contribution in [2.24, 2.45) is 0 Å². The van der Waals surface area contributed by atoms with Crippen LogP contribution in [0.5, 0.6) is 0 Å². The average Bonchev–Trinajstić information content (AvgIpc) is 3.52. The molecule has 2 aromatic rings. The molecule has 1 amide bonds. The zero-order valence-electron chi connectivity index (χ0n) is 20.8. The monoisotopic (exact) mass is 498 g/mol. The maximum absolute atomic E-state index is 13.1. The lowest BCUT2D eigenvalue weighted by Gasteiger charge is -2.36. The number of nitrogens with zero attached hydrogens (tertiary/aromatic N) is 6. The molecular formula is C26H35ClN6O2. The molecule has 2 aliphatic rings. The molecule has 2 fully saturated rings. The number of terminal acetylenes is 1. The first kappa shape index (κ1) is 26.7. The number of ether oxygens (including phenoxy) is 1. The standard InChI is InChI=1S/C24H33ClN6O2.C2H2/c1-4-18(25)6-5-10-31-22-15-26-9-7-21(22)24(27-31)30-12-13-33-17-20(30)14-23(32)29-11-8-19(16-29)28(2)3;1-2/h4-7,9,15,19-20H,8,10-14,16-17H2,1-3H3;1-2H/b6-5-,18-4+;. The highest BCUT2D eigenvalue weighted by Crippen LogP contribution is 2.29. The summed E-state index contributed by atoms with van der Waals surface area (Å²) in [6, 6.07) is 2.38. The summed E-state index contributed by atoms with van der Waals surface area (Å²) >= 11 is 6.10. The van der Waals surface area contributed by atoms with Crippen LogP contribution in [0.1, 0.15) is 19.8 Å². The van der Waals surface area contributed by atoms with E-state index in [1.807, 2.05) is 47.0 Å².